The summed E-state index contributed by atoms with van der Waals surface area (Å²) in [6, 6.07) is 2.00. The van der Waals surface area contributed by atoms with Crippen LogP contribution in [0.15, 0.2) is 12.3 Å². The highest BCUT2D eigenvalue weighted by molar-refractivity contribution is 5.01. The topological polar surface area (TPSA) is 38.1 Å². The van der Waals surface area contributed by atoms with Crippen molar-refractivity contribution in [1.82, 2.24) is 9.78 Å². The van der Waals surface area contributed by atoms with E-state index in [1.807, 2.05) is 38.6 Å². The first-order valence-corrected chi connectivity index (χ1v) is 5.13. The summed E-state index contributed by atoms with van der Waals surface area (Å²) >= 11 is 0. The highest BCUT2D eigenvalue weighted by Gasteiger charge is 2.24. The maximum Gasteiger partial charge on any atom is 0.0646 e. The molecule has 1 unspecified atom stereocenters. The van der Waals surface area contributed by atoms with Gasteiger partial charge in [0.15, 0.2) is 0 Å². The van der Waals surface area contributed by atoms with Crippen LogP contribution in [0.1, 0.15) is 32.9 Å². The summed E-state index contributed by atoms with van der Waals surface area (Å²) in [5.74, 6) is 0.288. The summed E-state index contributed by atoms with van der Waals surface area (Å²) in [6.45, 7) is 5.99. The largest absolute Gasteiger partial charge is 0.390 e. The van der Waals surface area contributed by atoms with E-state index in [4.69, 9.17) is 0 Å². The van der Waals surface area contributed by atoms with Gasteiger partial charge >= 0.3 is 0 Å². The molecule has 1 aromatic heterocycles. The fourth-order valence-electron chi connectivity index (χ4n) is 1.32. The molecule has 1 rings (SSSR count). The highest BCUT2D eigenvalue weighted by Crippen LogP contribution is 2.22. The Labute approximate surface area is 85.8 Å². The number of aliphatic hydroxyl groups is 1. The normalized spacial score (nSPS) is 15.9. The fraction of sp³-hybridized carbons (Fsp3) is 0.727. The van der Waals surface area contributed by atoms with Crippen LogP contribution in [-0.2, 0) is 13.5 Å². The maximum atomic E-state index is 10.1. The van der Waals surface area contributed by atoms with Gasteiger partial charge in [-0.2, -0.15) is 5.10 Å². The number of hydrogen-bond acceptors (Lipinski definition) is 2. The van der Waals surface area contributed by atoms with Crippen LogP contribution in [0.2, 0.25) is 0 Å². The van der Waals surface area contributed by atoms with Crippen LogP contribution in [0.5, 0.6) is 0 Å². The van der Waals surface area contributed by atoms with Gasteiger partial charge in [-0.15, -0.1) is 0 Å². The van der Waals surface area contributed by atoms with Gasteiger partial charge in [-0.25, -0.2) is 0 Å². The van der Waals surface area contributed by atoms with Gasteiger partial charge in [0.25, 0.3) is 0 Å². The van der Waals surface area contributed by atoms with E-state index in [0.29, 0.717) is 0 Å². The second-order valence-electron chi connectivity index (χ2n) is 4.46. The standard InChI is InChI=1S/C11H20N2O/c1-9(2)11(3,14)7-5-10-6-8-12-13(10)4/h6,8-9,14H,5,7H2,1-4H3. The molecule has 3 nitrogen and oxygen atoms in total. The van der Waals surface area contributed by atoms with Crippen molar-refractivity contribution >= 4 is 0 Å². The molecule has 0 saturated heterocycles. The zero-order chi connectivity index (χ0) is 10.8. The minimum Gasteiger partial charge on any atom is -0.390 e. The average molecular weight is 196 g/mol. The Hall–Kier alpha value is -0.830. The number of aromatic nitrogens is 2. The first-order chi connectivity index (χ1) is 6.43. The molecule has 3 heteroatoms. The minimum atomic E-state index is -0.579. The lowest BCUT2D eigenvalue weighted by Crippen LogP contribution is -2.31. The quantitative estimate of drug-likeness (QED) is 0.797. The molecular weight excluding hydrogens is 176 g/mol. The monoisotopic (exact) mass is 196 g/mol. The third-order valence-corrected chi connectivity index (χ3v) is 3.05. The van der Waals surface area contributed by atoms with Gasteiger partial charge in [-0.3, -0.25) is 4.68 Å². The molecule has 1 aromatic rings. The molecule has 80 valence electrons. The number of nitrogens with zero attached hydrogens (tertiary/aromatic N) is 2. The lowest BCUT2D eigenvalue weighted by atomic mass is 9.87. The SMILES string of the molecule is CC(C)C(C)(O)CCc1ccnn1C. The second kappa shape index (κ2) is 4.13. The van der Waals surface area contributed by atoms with Crippen LogP contribution in [0.3, 0.4) is 0 Å². The van der Waals surface area contributed by atoms with Crippen molar-refractivity contribution < 1.29 is 5.11 Å². The molecule has 0 aliphatic rings. The highest BCUT2D eigenvalue weighted by atomic mass is 16.3. The zero-order valence-electron chi connectivity index (χ0n) is 9.49. The number of hydrogen-bond donors (Lipinski definition) is 1. The summed E-state index contributed by atoms with van der Waals surface area (Å²) in [5, 5.41) is 14.1. The van der Waals surface area contributed by atoms with Crippen molar-refractivity contribution in [2.24, 2.45) is 13.0 Å². The van der Waals surface area contributed by atoms with Crippen LogP contribution < -0.4 is 0 Å². The molecule has 0 aromatic carbocycles. The van der Waals surface area contributed by atoms with E-state index in [-0.39, 0.29) is 5.92 Å². The summed E-state index contributed by atoms with van der Waals surface area (Å²) in [4.78, 5) is 0. The number of rotatable bonds is 4. The Morgan fingerprint density at radius 1 is 1.57 bits per heavy atom. The van der Waals surface area contributed by atoms with E-state index >= 15 is 0 Å². The molecule has 0 spiro atoms. The number of aryl methyl sites for hydroxylation is 2. The molecule has 0 amide bonds. The summed E-state index contributed by atoms with van der Waals surface area (Å²) < 4.78 is 1.86. The molecule has 0 radical (unpaired) electrons. The van der Waals surface area contributed by atoms with Crippen LogP contribution in [0, 0.1) is 5.92 Å². The van der Waals surface area contributed by atoms with Gasteiger partial charge in [0.05, 0.1) is 5.60 Å². The van der Waals surface area contributed by atoms with E-state index in [1.165, 1.54) is 5.69 Å². The predicted octanol–water partition coefficient (Wildman–Crippen LogP) is 1.76. The van der Waals surface area contributed by atoms with Crippen LogP contribution in [-0.4, -0.2) is 20.5 Å². The van der Waals surface area contributed by atoms with E-state index in [1.54, 1.807) is 6.20 Å². The smallest absolute Gasteiger partial charge is 0.0646 e. The molecule has 1 heterocycles. The Kier molecular flexibility index (Phi) is 3.32. The predicted molar refractivity (Wildman–Crippen MR) is 57.0 cm³/mol. The minimum absolute atomic E-state index is 0.288. The third kappa shape index (κ3) is 2.58. The van der Waals surface area contributed by atoms with Crippen LogP contribution in [0.4, 0.5) is 0 Å². The van der Waals surface area contributed by atoms with Crippen molar-refractivity contribution in [3.63, 3.8) is 0 Å². The van der Waals surface area contributed by atoms with Gasteiger partial charge in [-0.05, 0) is 31.7 Å². The lowest BCUT2D eigenvalue weighted by molar-refractivity contribution is 0.00530. The van der Waals surface area contributed by atoms with Crippen molar-refractivity contribution in [2.75, 3.05) is 0 Å². The van der Waals surface area contributed by atoms with Crippen molar-refractivity contribution in [2.45, 2.75) is 39.2 Å². The average Bonchev–Trinajstić information content (AvgIpc) is 2.47. The van der Waals surface area contributed by atoms with Crippen LogP contribution >= 0.6 is 0 Å². The van der Waals surface area contributed by atoms with Gasteiger partial charge in [0, 0.05) is 18.9 Å². The molecule has 0 aliphatic heterocycles. The first-order valence-electron chi connectivity index (χ1n) is 5.13. The Morgan fingerprint density at radius 3 is 2.64 bits per heavy atom. The lowest BCUT2D eigenvalue weighted by Gasteiger charge is -2.27. The van der Waals surface area contributed by atoms with Gasteiger partial charge in [0.1, 0.15) is 0 Å². The summed E-state index contributed by atoms with van der Waals surface area (Å²) in [5.41, 5.74) is 0.593. The third-order valence-electron chi connectivity index (χ3n) is 3.05. The zero-order valence-corrected chi connectivity index (χ0v) is 9.49. The summed E-state index contributed by atoms with van der Waals surface area (Å²) in [7, 11) is 1.93. The van der Waals surface area contributed by atoms with Crippen molar-refractivity contribution in [1.29, 1.82) is 0 Å². The summed E-state index contributed by atoms with van der Waals surface area (Å²) in [6.07, 6.45) is 3.45. The molecule has 0 bridgehead atoms. The Balaban J connectivity index is 2.53. The van der Waals surface area contributed by atoms with Crippen LogP contribution in [0.25, 0.3) is 0 Å². The molecule has 0 saturated carbocycles. The Bertz CT molecular complexity index is 289. The van der Waals surface area contributed by atoms with Gasteiger partial charge < -0.3 is 5.11 Å². The molecular formula is C11H20N2O. The van der Waals surface area contributed by atoms with E-state index < -0.39 is 5.60 Å². The first kappa shape index (κ1) is 11.2. The molecule has 1 N–H and O–H groups in total. The fourth-order valence-corrected chi connectivity index (χ4v) is 1.32. The molecule has 0 fully saturated rings. The van der Waals surface area contributed by atoms with Crippen molar-refractivity contribution in [3.8, 4) is 0 Å². The van der Waals surface area contributed by atoms with E-state index in [2.05, 4.69) is 5.10 Å². The Morgan fingerprint density at radius 2 is 2.21 bits per heavy atom. The molecule has 14 heavy (non-hydrogen) atoms. The maximum absolute atomic E-state index is 10.1. The van der Waals surface area contributed by atoms with E-state index in [9.17, 15) is 5.11 Å². The van der Waals surface area contributed by atoms with E-state index in [0.717, 1.165) is 12.8 Å². The molecule has 0 aliphatic carbocycles. The van der Waals surface area contributed by atoms with Crippen molar-refractivity contribution in [3.05, 3.63) is 18.0 Å². The molecule has 1 atom stereocenters. The second-order valence-corrected chi connectivity index (χ2v) is 4.46. The van der Waals surface area contributed by atoms with Gasteiger partial charge in [0.2, 0.25) is 0 Å². The van der Waals surface area contributed by atoms with Gasteiger partial charge in [-0.1, -0.05) is 13.8 Å².